The highest BCUT2D eigenvalue weighted by atomic mass is 15.1. The van der Waals surface area contributed by atoms with E-state index in [9.17, 15) is 0 Å². The molecule has 2 nitrogen and oxygen atoms in total. The van der Waals surface area contributed by atoms with Crippen LogP contribution in [0.4, 0.5) is 0 Å². The lowest BCUT2D eigenvalue weighted by molar-refractivity contribution is 1.02. The molecule has 2 aromatic rings. The number of hydrogen-bond acceptors (Lipinski definition) is 2. The molecule has 0 fully saturated rings. The van der Waals surface area contributed by atoms with E-state index >= 15 is 0 Å². The average Bonchev–Trinajstić information content (AvgIpc) is 2.73. The second-order valence-corrected chi connectivity index (χ2v) is 2.86. The summed E-state index contributed by atoms with van der Waals surface area (Å²) in [6.07, 6.45) is 0. The highest BCUT2D eigenvalue weighted by molar-refractivity contribution is 6.18. The van der Waals surface area contributed by atoms with E-state index in [-0.39, 0.29) is 0 Å². The zero-order valence-corrected chi connectivity index (χ0v) is 6.13. The molecule has 0 radical (unpaired) electrons. The van der Waals surface area contributed by atoms with Gasteiger partial charge in [-0.2, -0.15) is 5.10 Å². The summed E-state index contributed by atoms with van der Waals surface area (Å²) in [6.45, 7) is 1.99. The minimum Gasteiger partial charge on any atom is -0.155 e. The van der Waals surface area contributed by atoms with Crippen LogP contribution in [-0.2, 0) is 0 Å². The third-order valence-electron chi connectivity index (χ3n) is 2.18. The van der Waals surface area contributed by atoms with Crippen LogP contribution in [0, 0.1) is 6.92 Å². The number of benzene rings is 1. The van der Waals surface area contributed by atoms with Crippen molar-refractivity contribution < 1.29 is 0 Å². The van der Waals surface area contributed by atoms with Crippen molar-refractivity contribution in [3.8, 4) is 11.3 Å². The van der Waals surface area contributed by atoms with Crippen molar-refractivity contribution >= 4 is 10.8 Å². The maximum Gasteiger partial charge on any atom is 0.102 e. The predicted octanol–water partition coefficient (Wildman–Crippen LogP) is 1.92. The molecular formula is C9H6N2. The van der Waals surface area contributed by atoms with E-state index in [0.717, 1.165) is 11.4 Å². The third kappa shape index (κ3) is 0.485. The fraction of sp³-hybridized carbons (Fsp3) is 0.111. The summed E-state index contributed by atoms with van der Waals surface area (Å²) >= 11 is 0. The zero-order chi connectivity index (χ0) is 7.42. The van der Waals surface area contributed by atoms with Crippen molar-refractivity contribution in [3.63, 3.8) is 0 Å². The molecule has 1 aliphatic carbocycles. The third-order valence-corrected chi connectivity index (χ3v) is 2.18. The quantitative estimate of drug-likeness (QED) is 0.479. The average molecular weight is 142 g/mol. The van der Waals surface area contributed by atoms with Crippen LogP contribution in [0.25, 0.3) is 22.0 Å². The van der Waals surface area contributed by atoms with Gasteiger partial charge in [0.1, 0.15) is 5.69 Å². The van der Waals surface area contributed by atoms with Gasteiger partial charge in [-0.3, -0.25) is 0 Å². The standard InChI is InChI=1S/C9H6N2/c1-5-6-3-2-4-7-8(6)9(7)11-10-5/h2-4H,1H3. The molecule has 1 aromatic carbocycles. The lowest BCUT2D eigenvalue weighted by atomic mass is 10.2. The van der Waals surface area contributed by atoms with Crippen molar-refractivity contribution in [3.05, 3.63) is 23.9 Å². The molecule has 1 heterocycles. The second kappa shape index (κ2) is 1.42. The van der Waals surface area contributed by atoms with Crippen LogP contribution in [-0.4, -0.2) is 10.2 Å². The summed E-state index contributed by atoms with van der Waals surface area (Å²) in [5.41, 5.74) is 3.40. The Morgan fingerprint density at radius 1 is 1.18 bits per heavy atom. The molecule has 0 saturated carbocycles. The van der Waals surface area contributed by atoms with Gasteiger partial charge in [0.25, 0.3) is 0 Å². The summed E-state index contributed by atoms with van der Waals surface area (Å²) < 4.78 is 0. The number of fused-ring (bicyclic) bond motifs is 1. The molecule has 0 unspecified atom stereocenters. The Morgan fingerprint density at radius 2 is 2.09 bits per heavy atom. The Labute approximate surface area is 63.9 Å². The smallest absolute Gasteiger partial charge is 0.102 e. The van der Waals surface area contributed by atoms with Crippen LogP contribution in [0.5, 0.6) is 0 Å². The fourth-order valence-electron chi connectivity index (χ4n) is 1.53. The van der Waals surface area contributed by atoms with Crippen LogP contribution in [0.2, 0.25) is 0 Å². The van der Waals surface area contributed by atoms with Gasteiger partial charge < -0.3 is 0 Å². The lowest BCUT2D eigenvalue weighted by Gasteiger charge is -1.88. The Morgan fingerprint density at radius 3 is 2.91 bits per heavy atom. The van der Waals surface area contributed by atoms with Crippen LogP contribution < -0.4 is 0 Å². The van der Waals surface area contributed by atoms with E-state index in [1.54, 1.807) is 0 Å². The fourth-order valence-corrected chi connectivity index (χ4v) is 1.53. The minimum atomic E-state index is 1.03. The van der Waals surface area contributed by atoms with Gasteiger partial charge in [-0.15, -0.1) is 5.10 Å². The number of rotatable bonds is 0. The Hall–Kier alpha value is -1.44. The first-order chi connectivity index (χ1) is 5.38. The van der Waals surface area contributed by atoms with E-state index in [4.69, 9.17) is 0 Å². The maximum atomic E-state index is 4.07. The predicted molar refractivity (Wildman–Crippen MR) is 43.3 cm³/mol. The topological polar surface area (TPSA) is 25.8 Å². The Bertz CT molecular complexity index is 452. The summed E-state index contributed by atoms with van der Waals surface area (Å²) in [5.74, 6) is 0. The number of nitrogens with zero attached hydrogens (tertiary/aromatic N) is 2. The van der Waals surface area contributed by atoms with Gasteiger partial charge in [0.15, 0.2) is 0 Å². The molecule has 0 N–H and O–H groups in total. The van der Waals surface area contributed by atoms with Crippen LogP contribution in [0.15, 0.2) is 18.2 Å². The van der Waals surface area contributed by atoms with Gasteiger partial charge in [0.2, 0.25) is 0 Å². The molecular weight excluding hydrogens is 136 g/mol. The molecule has 0 atom stereocenters. The molecule has 2 heteroatoms. The second-order valence-electron chi connectivity index (χ2n) is 2.86. The Kier molecular flexibility index (Phi) is 0.677. The zero-order valence-electron chi connectivity index (χ0n) is 6.13. The molecule has 52 valence electrons. The van der Waals surface area contributed by atoms with E-state index in [1.807, 2.05) is 6.92 Å². The van der Waals surface area contributed by atoms with E-state index in [2.05, 4.69) is 28.4 Å². The van der Waals surface area contributed by atoms with Gasteiger partial charge in [-0.05, 0) is 6.92 Å². The number of aromatic nitrogens is 2. The van der Waals surface area contributed by atoms with Crippen molar-refractivity contribution in [2.45, 2.75) is 6.92 Å². The highest BCUT2D eigenvalue weighted by Crippen LogP contribution is 2.44. The monoisotopic (exact) mass is 142 g/mol. The normalized spacial score (nSPS) is 12.1. The molecule has 0 aliphatic heterocycles. The lowest BCUT2D eigenvalue weighted by Crippen LogP contribution is -1.81. The van der Waals surface area contributed by atoms with Crippen LogP contribution in [0.1, 0.15) is 5.69 Å². The number of aryl methyl sites for hydroxylation is 1. The van der Waals surface area contributed by atoms with Gasteiger partial charge >= 0.3 is 0 Å². The largest absolute Gasteiger partial charge is 0.155 e. The molecule has 0 bridgehead atoms. The first-order valence-electron chi connectivity index (χ1n) is 3.64. The van der Waals surface area contributed by atoms with Gasteiger partial charge in [-0.25, -0.2) is 0 Å². The Balaban J connectivity index is 2.63. The van der Waals surface area contributed by atoms with E-state index in [0.29, 0.717) is 0 Å². The molecule has 1 aromatic heterocycles. The first kappa shape index (κ1) is 5.24. The molecule has 3 rings (SSSR count). The van der Waals surface area contributed by atoms with Gasteiger partial charge in [0.05, 0.1) is 5.69 Å². The van der Waals surface area contributed by atoms with Gasteiger partial charge in [-0.1, -0.05) is 18.2 Å². The summed E-state index contributed by atoms with van der Waals surface area (Å²) in [6, 6.07) is 6.24. The van der Waals surface area contributed by atoms with E-state index in [1.165, 1.54) is 16.3 Å². The summed E-state index contributed by atoms with van der Waals surface area (Å²) in [5, 5.41) is 10.7. The SMILES string of the molecule is Cc1nnc2c3c-2cccc13. The van der Waals surface area contributed by atoms with Crippen molar-refractivity contribution in [1.29, 1.82) is 0 Å². The highest BCUT2D eigenvalue weighted by Gasteiger charge is 2.23. The number of hydrogen-bond donors (Lipinski definition) is 0. The van der Waals surface area contributed by atoms with Crippen molar-refractivity contribution in [2.24, 2.45) is 0 Å². The molecule has 0 saturated heterocycles. The van der Waals surface area contributed by atoms with E-state index < -0.39 is 0 Å². The molecule has 1 aliphatic rings. The minimum absolute atomic E-state index is 1.03. The van der Waals surface area contributed by atoms with Crippen molar-refractivity contribution in [1.82, 2.24) is 10.2 Å². The van der Waals surface area contributed by atoms with Crippen LogP contribution in [0.3, 0.4) is 0 Å². The summed E-state index contributed by atoms with van der Waals surface area (Å²) in [7, 11) is 0. The molecule has 11 heavy (non-hydrogen) atoms. The molecule has 0 spiro atoms. The van der Waals surface area contributed by atoms with Crippen molar-refractivity contribution in [2.75, 3.05) is 0 Å². The molecule has 0 amide bonds. The first-order valence-corrected chi connectivity index (χ1v) is 3.64. The summed E-state index contributed by atoms with van der Waals surface area (Å²) in [4.78, 5) is 0. The maximum absolute atomic E-state index is 4.07. The van der Waals surface area contributed by atoms with Gasteiger partial charge in [0, 0.05) is 16.3 Å². The van der Waals surface area contributed by atoms with Crippen LogP contribution >= 0.6 is 0 Å².